The predicted octanol–water partition coefficient (Wildman–Crippen LogP) is 3.96. The minimum absolute atomic E-state index is 0.295. The van der Waals surface area contributed by atoms with Gasteiger partial charge in [-0.3, -0.25) is 4.98 Å². The summed E-state index contributed by atoms with van der Waals surface area (Å²) in [6.07, 6.45) is 1.78. The molecule has 1 heterocycles. The van der Waals surface area contributed by atoms with Crippen LogP contribution in [0.2, 0.25) is 0 Å². The molecule has 1 N–H and O–H groups in total. The molecule has 1 aromatic heterocycles. The van der Waals surface area contributed by atoms with Crippen molar-refractivity contribution in [3.8, 4) is 0 Å². The summed E-state index contributed by atoms with van der Waals surface area (Å²) in [6.45, 7) is 8.23. The van der Waals surface area contributed by atoms with E-state index in [0.717, 1.165) is 16.9 Å². The van der Waals surface area contributed by atoms with Gasteiger partial charge in [0, 0.05) is 24.1 Å². The lowest BCUT2D eigenvalue weighted by atomic mass is 10.1. The van der Waals surface area contributed by atoms with E-state index in [9.17, 15) is 4.79 Å². The summed E-state index contributed by atoms with van der Waals surface area (Å²) in [5, 5.41) is 3.33. The number of nitrogens with zero attached hydrogens (tertiary/aromatic N) is 1. The Morgan fingerprint density at radius 2 is 1.86 bits per heavy atom. The van der Waals surface area contributed by atoms with E-state index in [1.54, 1.807) is 18.3 Å². The third-order valence-electron chi connectivity index (χ3n) is 2.98. The number of pyridine rings is 1. The van der Waals surface area contributed by atoms with Crippen LogP contribution in [0.1, 0.15) is 42.4 Å². The van der Waals surface area contributed by atoms with Gasteiger partial charge in [-0.25, -0.2) is 4.79 Å². The topological polar surface area (TPSA) is 51.2 Å². The lowest BCUT2D eigenvalue weighted by Gasteiger charge is -2.19. The minimum Gasteiger partial charge on any atom is -0.456 e. The van der Waals surface area contributed by atoms with Crippen LogP contribution >= 0.6 is 0 Å². The first-order valence-electron chi connectivity index (χ1n) is 7.32. The molecule has 0 unspecified atom stereocenters. The fraction of sp³-hybridized carbons (Fsp3) is 0.333. The number of aromatic nitrogens is 1. The fourth-order valence-corrected chi connectivity index (χ4v) is 1.96. The first kappa shape index (κ1) is 16.0. The largest absolute Gasteiger partial charge is 0.456 e. The van der Waals surface area contributed by atoms with E-state index in [0.29, 0.717) is 12.1 Å². The predicted molar refractivity (Wildman–Crippen MR) is 87.9 cm³/mol. The van der Waals surface area contributed by atoms with Gasteiger partial charge in [0.25, 0.3) is 0 Å². The standard InChI is InChI=1S/C18H22N2O2/c1-13-11-16(9-10-19-13)20-12-14-5-7-15(8-6-14)17(21)22-18(2,3)4/h5-11H,12H2,1-4H3,(H,19,20). The van der Waals surface area contributed by atoms with E-state index < -0.39 is 5.60 Å². The molecular weight excluding hydrogens is 276 g/mol. The summed E-state index contributed by atoms with van der Waals surface area (Å²) < 4.78 is 5.34. The van der Waals surface area contributed by atoms with E-state index in [4.69, 9.17) is 4.74 Å². The Kier molecular flexibility index (Phi) is 4.81. The van der Waals surface area contributed by atoms with Crippen LogP contribution < -0.4 is 5.32 Å². The first-order chi connectivity index (χ1) is 10.3. The van der Waals surface area contributed by atoms with Gasteiger partial charge < -0.3 is 10.1 Å². The van der Waals surface area contributed by atoms with Crippen LogP contribution in [0.5, 0.6) is 0 Å². The lowest BCUT2D eigenvalue weighted by Crippen LogP contribution is -2.23. The van der Waals surface area contributed by atoms with Crippen molar-refractivity contribution in [3.63, 3.8) is 0 Å². The molecule has 0 bridgehead atoms. The first-order valence-corrected chi connectivity index (χ1v) is 7.32. The summed E-state index contributed by atoms with van der Waals surface area (Å²) >= 11 is 0. The Labute approximate surface area is 131 Å². The van der Waals surface area contributed by atoms with Gasteiger partial charge in [0.05, 0.1) is 5.56 Å². The van der Waals surface area contributed by atoms with Gasteiger partial charge in [-0.15, -0.1) is 0 Å². The molecule has 4 heteroatoms. The molecule has 2 rings (SSSR count). The van der Waals surface area contributed by atoms with Gasteiger partial charge in [-0.2, -0.15) is 0 Å². The van der Waals surface area contributed by atoms with Gasteiger partial charge in [0.15, 0.2) is 0 Å². The number of carbonyl (C=O) groups is 1. The Hall–Kier alpha value is -2.36. The molecule has 116 valence electrons. The zero-order chi connectivity index (χ0) is 16.2. The van der Waals surface area contributed by atoms with Gasteiger partial charge in [-0.1, -0.05) is 12.1 Å². The number of ether oxygens (including phenoxy) is 1. The van der Waals surface area contributed by atoms with Crippen LogP contribution in [0.3, 0.4) is 0 Å². The zero-order valence-corrected chi connectivity index (χ0v) is 13.5. The summed E-state index contributed by atoms with van der Waals surface area (Å²) in [4.78, 5) is 16.1. The van der Waals surface area contributed by atoms with Gasteiger partial charge in [0.1, 0.15) is 5.60 Å². The van der Waals surface area contributed by atoms with Gasteiger partial charge in [-0.05, 0) is 57.5 Å². The van der Waals surface area contributed by atoms with Crippen molar-refractivity contribution in [2.24, 2.45) is 0 Å². The van der Waals surface area contributed by atoms with E-state index in [1.807, 2.05) is 52.0 Å². The lowest BCUT2D eigenvalue weighted by molar-refractivity contribution is 0.00695. The van der Waals surface area contributed by atoms with Crippen molar-refractivity contribution in [3.05, 3.63) is 59.4 Å². The van der Waals surface area contributed by atoms with E-state index >= 15 is 0 Å². The number of nitrogens with one attached hydrogen (secondary N) is 1. The maximum absolute atomic E-state index is 11.9. The molecule has 0 radical (unpaired) electrons. The van der Waals surface area contributed by atoms with Gasteiger partial charge >= 0.3 is 5.97 Å². The highest BCUT2D eigenvalue weighted by atomic mass is 16.6. The maximum atomic E-state index is 11.9. The van der Waals surface area contributed by atoms with Crippen LogP contribution in [-0.4, -0.2) is 16.6 Å². The monoisotopic (exact) mass is 298 g/mol. The second kappa shape index (κ2) is 6.60. The van der Waals surface area contributed by atoms with Crippen LogP contribution in [0.4, 0.5) is 5.69 Å². The average molecular weight is 298 g/mol. The third-order valence-corrected chi connectivity index (χ3v) is 2.98. The number of carbonyl (C=O) groups excluding carboxylic acids is 1. The molecule has 0 fully saturated rings. The molecule has 0 atom stereocenters. The van der Waals surface area contributed by atoms with Crippen LogP contribution in [0.15, 0.2) is 42.6 Å². The second-order valence-corrected chi connectivity index (χ2v) is 6.24. The highest BCUT2D eigenvalue weighted by molar-refractivity contribution is 5.89. The second-order valence-electron chi connectivity index (χ2n) is 6.24. The third kappa shape index (κ3) is 4.88. The van der Waals surface area contributed by atoms with E-state index in [2.05, 4.69) is 10.3 Å². The van der Waals surface area contributed by atoms with E-state index in [1.165, 1.54) is 0 Å². The number of hydrogen-bond donors (Lipinski definition) is 1. The van der Waals surface area contributed by atoms with Crippen molar-refractivity contribution in [2.45, 2.75) is 39.8 Å². The number of aryl methyl sites for hydroxylation is 1. The average Bonchev–Trinajstić information content (AvgIpc) is 2.44. The van der Waals surface area contributed by atoms with Crippen LogP contribution in [0, 0.1) is 6.92 Å². The Morgan fingerprint density at radius 1 is 1.18 bits per heavy atom. The molecule has 22 heavy (non-hydrogen) atoms. The number of anilines is 1. The van der Waals surface area contributed by atoms with Crippen molar-refractivity contribution >= 4 is 11.7 Å². The molecule has 0 aliphatic rings. The van der Waals surface area contributed by atoms with Crippen LogP contribution in [0.25, 0.3) is 0 Å². The molecule has 0 saturated carbocycles. The minimum atomic E-state index is -0.476. The fourth-order valence-electron chi connectivity index (χ4n) is 1.96. The van der Waals surface area contributed by atoms with Crippen molar-refractivity contribution in [2.75, 3.05) is 5.32 Å². The Balaban J connectivity index is 1.96. The summed E-state index contributed by atoms with van der Waals surface area (Å²) in [6, 6.07) is 11.4. The van der Waals surface area contributed by atoms with E-state index in [-0.39, 0.29) is 5.97 Å². The molecule has 2 aromatic rings. The number of benzene rings is 1. The SMILES string of the molecule is Cc1cc(NCc2ccc(C(=O)OC(C)(C)C)cc2)ccn1. The normalized spacial score (nSPS) is 11.1. The summed E-state index contributed by atoms with van der Waals surface area (Å²) in [7, 11) is 0. The molecule has 0 aliphatic carbocycles. The van der Waals surface area contributed by atoms with Crippen LogP contribution in [-0.2, 0) is 11.3 Å². The molecule has 0 saturated heterocycles. The zero-order valence-electron chi connectivity index (χ0n) is 13.5. The molecule has 0 amide bonds. The quantitative estimate of drug-likeness (QED) is 0.868. The molecule has 1 aromatic carbocycles. The molecular formula is C18H22N2O2. The highest BCUT2D eigenvalue weighted by Crippen LogP contribution is 2.14. The van der Waals surface area contributed by atoms with Crippen molar-refractivity contribution < 1.29 is 9.53 Å². The van der Waals surface area contributed by atoms with Crippen molar-refractivity contribution in [1.29, 1.82) is 0 Å². The number of hydrogen-bond acceptors (Lipinski definition) is 4. The number of rotatable bonds is 4. The molecule has 0 aliphatic heterocycles. The molecule has 0 spiro atoms. The molecule has 4 nitrogen and oxygen atoms in total. The summed E-state index contributed by atoms with van der Waals surface area (Å²) in [5.41, 5.74) is 3.20. The van der Waals surface area contributed by atoms with Crippen molar-refractivity contribution in [1.82, 2.24) is 4.98 Å². The number of esters is 1. The summed E-state index contributed by atoms with van der Waals surface area (Å²) in [5.74, 6) is -0.295. The maximum Gasteiger partial charge on any atom is 0.338 e. The van der Waals surface area contributed by atoms with Gasteiger partial charge in [0.2, 0.25) is 0 Å². The highest BCUT2D eigenvalue weighted by Gasteiger charge is 2.17. The Morgan fingerprint density at radius 3 is 2.45 bits per heavy atom. The Bertz CT molecular complexity index is 643. The smallest absolute Gasteiger partial charge is 0.338 e.